The van der Waals surface area contributed by atoms with Crippen LogP contribution in [0.25, 0.3) is 0 Å². The first-order chi connectivity index (χ1) is 41.3. The van der Waals surface area contributed by atoms with Crippen molar-refractivity contribution in [3.8, 4) is 0 Å². The Bertz CT molecular complexity index is 2480. The fourth-order valence-corrected chi connectivity index (χ4v) is 11.5. The highest BCUT2D eigenvalue weighted by Gasteiger charge is 2.53. The van der Waals surface area contributed by atoms with E-state index in [9.17, 15) is 81.1 Å². The molecule has 15 N–H and O–H groups in total. The third-order valence-electron chi connectivity index (χ3n) is 17.0. The number of amides is 1. The van der Waals surface area contributed by atoms with Crippen molar-refractivity contribution in [3.63, 3.8) is 0 Å². The average molecular weight is 1230 g/mol. The van der Waals surface area contributed by atoms with Gasteiger partial charge in [-0.3, -0.25) is 9.59 Å². The molecule has 2 bridgehead atoms. The van der Waals surface area contributed by atoms with Crippen molar-refractivity contribution in [1.82, 2.24) is 10.2 Å². The summed E-state index contributed by atoms with van der Waals surface area (Å²) >= 11 is 0. The molecular weight excluding hydrogens is 1130 g/mol. The quantitative estimate of drug-likeness (QED) is 0.152. The standard InChI is InChI=1S/C63H95N3O21/c1-38-20-16-13-11-9-7-5-6-8-10-12-14-19-23-46(86-61-58(78)54(56(76)41(4)85-61)64-37-63(82)59(79)57(77)50(73)36-83-63)33-51-53(60(80)66-28-26-65(27-29-66)42-21-17-15-18-22-42)49(72)35-62(81,87-51)34-45(69)31-48(71)47(70)25-24-43(67)30-44(68)32-52(74)84-40(3)39(2)55(38)75/h5-23,38-41,43-51,53-59,61,64,67-73,75-79,81-82H,24-37H2,1-4H3/b6-5+,9-7+,10-8+,13-11+,14-12+,20-16+,23-19?/t38-,39?,40-,41+,43+,44+,45-,46-,47+,48+,49-,50+,51?,53?,54-,55+,56+,57+,58-,59-,61?,62+,63+/m0/s1. The van der Waals surface area contributed by atoms with Crippen LogP contribution in [-0.4, -0.2) is 249 Å². The molecule has 1 aromatic carbocycles. The van der Waals surface area contributed by atoms with Gasteiger partial charge in [0.2, 0.25) is 11.7 Å². The summed E-state index contributed by atoms with van der Waals surface area (Å²) < 4.78 is 29.8. The van der Waals surface area contributed by atoms with Gasteiger partial charge in [-0.05, 0) is 45.2 Å². The summed E-state index contributed by atoms with van der Waals surface area (Å²) in [6, 6.07) is 8.28. The zero-order chi connectivity index (χ0) is 63.6. The molecule has 0 aromatic heterocycles. The molecule has 0 spiro atoms. The number of ether oxygens (including phenoxy) is 5. The van der Waals surface area contributed by atoms with Gasteiger partial charge in [0.1, 0.15) is 30.5 Å². The van der Waals surface area contributed by atoms with Crippen LogP contribution in [0.5, 0.6) is 0 Å². The molecule has 0 aliphatic carbocycles. The lowest BCUT2D eigenvalue weighted by Gasteiger charge is -2.48. The SMILES string of the molecule is CC1[C@H](C)OC(=O)C[C@H](O)C[C@H](O)CC[C@@H](O)[C@H](O)C[C@H](O)C[C@]2(O)C[C@H](O)C(C(=O)N3CCN(c4ccccc4)CC3)C(C[C@@H](OC3O[C@H](C)[C@@H](O)[C@H](NC[C@@]4(O)OC[C@@H](O)[C@@H](O)[C@@H]4O)[C@@H]3O)C=C/C=C/C=C/C=C/C=C/C=C/C=C/[C@H](C)[C@H]1O)O2. The minimum Gasteiger partial charge on any atom is -0.462 e. The summed E-state index contributed by atoms with van der Waals surface area (Å²) in [5.74, 6) is -8.22. The van der Waals surface area contributed by atoms with Crippen LogP contribution in [0.2, 0.25) is 0 Å². The van der Waals surface area contributed by atoms with Crippen molar-refractivity contribution < 1.29 is 105 Å². The van der Waals surface area contributed by atoms with E-state index in [4.69, 9.17) is 23.7 Å². The Labute approximate surface area is 508 Å². The molecule has 5 heterocycles. The largest absolute Gasteiger partial charge is 0.462 e. The summed E-state index contributed by atoms with van der Waals surface area (Å²) in [7, 11) is 0. The number of allylic oxidation sites excluding steroid dienone is 12. The highest BCUT2D eigenvalue weighted by molar-refractivity contribution is 5.80. The Morgan fingerprint density at radius 1 is 0.632 bits per heavy atom. The molecule has 23 atom stereocenters. The second kappa shape index (κ2) is 34.0. The van der Waals surface area contributed by atoms with Gasteiger partial charge in [-0.25, -0.2) is 0 Å². The van der Waals surface area contributed by atoms with Gasteiger partial charge in [-0.15, -0.1) is 0 Å². The number of aliphatic hydroxyl groups is 14. The van der Waals surface area contributed by atoms with E-state index in [1.165, 1.54) is 6.92 Å². The molecule has 4 unspecified atom stereocenters. The second-order valence-electron chi connectivity index (χ2n) is 23.9. The fraction of sp³-hybridized carbons (Fsp3) is 0.651. The molecule has 24 nitrogen and oxygen atoms in total. The molecule has 1 aromatic rings. The van der Waals surface area contributed by atoms with Crippen LogP contribution in [0, 0.1) is 17.8 Å². The van der Waals surface area contributed by atoms with Crippen LogP contribution in [0.3, 0.4) is 0 Å². The van der Waals surface area contributed by atoms with Crippen LogP contribution < -0.4 is 10.2 Å². The number of aliphatic hydroxyl groups excluding tert-OH is 12. The number of para-hydroxylation sites is 1. The van der Waals surface area contributed by atoms with Crippen molar-refractivity contribution in [2.75, 3.05) is 44.2 Å². The number of nitrogens with zero attached hydrogens (tertiary/aromatic N) is 2. The number of carbonyl (C=O) groups excluding carboxylic acids is 2. The first-order valence-corrected chi connectivity index (χ1v) is 30.2. The van der Waals surface area contributed by atoms with E-state index in [0.717, 1.165) is 5.69 Å². The minimum atomic E-state index is -2.47. The van der Waals surface area contributed by atoms with Crippen LogP contribution >= 0.6 is 0 Å². The number of hydrogen-bond acceptors (Lipinski definition) is 23. The van der Waals surface area contributed by atoms with Gasteiger partial charge in [-0.2, -0.15) is 0 Å². The Kier molecular flexibility index (Phi) is 27.9. The summed E-state index contributed by atoms with van der Waals surface area (Å²) in [5, 5.41) is 158. The number of piperazine rings is 1. The molecule has 5 aliphatic heterocycles. The second-order valence-corrected chi connectivity index (χ2v) is 23.9. The highest BCUT2D eigenvalue weighted by atomic mass is 16.7. The average Bonchev–Trinajstić information content (AvgIpc) is 1.15. The van der Waals surface area contributed by atoms with Crippen molar-refractivity contribution in [2.45, 2.75) is 201 Å². The maximum Gasteiger partial charge on any atom is 0.308 e. The van der Waals surface area contributed by atoms with Gasteiger partial charge < -0.3 is 110 Å². The van der Waals surface area contributed by atoms with Gasteiger partial charge in [0, 0.05) is 69.4 Å². The Hall–Kier alpha value is -4.62. The normalized spacial score (nSPS) is 43.1. The molecule has 0 saturated carbocycles. The summed E-state index contributed by atoms with van der Waals surface area (Å²) in [6.45, 7) is 6.92. The van der Waals surface area contributed by atoms with E-state index < -0.39 is 184 Å². The van der Waals surface area contributed by atoms with E-state index in [-0.39, 0.29) is 44.7 Å². The fourth-order valence-electron chi connectivity index (χ4n) is 11.5. The summed E-state index contributed by atoms with van der Waals surface area (Å²) in [5.41, 5.74) is 0.958. The lowest BCUT2D eigenvalue weighted by molar-refractivity contribution is -0.323. The summed E-state index contributed by atoms with van der Waals surface area (Å²) in [6.07, 6.45) is -2.91. The number of esters is 1. The van der Waals surface area contributed by atoms with E-state index >= 15 is 0 Å². The first kappa shape index (κ1) is 71.5. The number of fused-ring (bicyclic) bond motifs is 2. The highest BCUT2D eigenvalue weighted by Crippen LogP contribution is 2.39. The van der Waals surface area contributed by atoms with E-state index in [1.807, 2.05) is 43.3 Å². The predicted molar refractivity (Wildman–Crippen MR) is 317 cm³/mol. The number of rotatable bonds is 7. The Morgan fingerprint density at radius 2 is 1.24 bits per heavy atom. The van der Waals surface area contributed by atoms with Gasteiger partial charge in [-0.1, -0.05) is 117 Å². The third-order valence-corrected chi connectivity index (χ3v) is 17.0. The maximum absolute atomic E-state index is 14.8. The van der Waals surface area contributed by atoms with Gasteiger partial charge in [0.15, 0.2) is 12.1 Å². The van der Waals surface area contributed by atoms with Crippen LogP contribution in [0.1, 0.15) is 79.1 Å². The number of hydrogen-bond donors (Lipinski definition) is 15. The van der Waals surface area contributed by atoms with Crippen LogP contribution in [0.15, 0.2) is 115 Å². The number of nitrogens with one attached hydrogen (secondary N) is 1. The van der Waals surface area contributed by atoms with Crippen LogP contribution in [0.4, 0.5) is 5.69 Å². The van der Waals surface area contributed by atoms with Crippen LogP contribution in [-0.2, 0) is 33.3 Å². The van der Waals surface area contributed by atoms with E-state index in [1.54, 1.807) is 97.7 Å². The molecule has 488 valence electrons. The zero-order valence-corrected chi connectivity index (χ0v) is 50.0. The summed E-state index contributed by atoms with van der Waals surface area (Å²) in [4.78, 5) is 31.3. The lowest BCUT2D eigenvalue weighted by Crippen LogP contribution is -2.69. The molecule has 4 saturated heterocycles. The molecule has 5 aliphatic rings. The molecule has 87 heavy (non-hydrogen) atoms. The van der Waals surface area contributed by atoms with Gasteiger partial charge in [0.05, 0.1) is 98.7 Å². The third kappa shape index (κ3) is 21.0. The molecule has 24 heteroatoms. The lowest BCUT2D eigenvalue weighted by atomic mass is 9.81. The molecule has 6 rings (SSSR count). The number of anilines is 1. The first-order valence-electron chi connectivity index (χ1n) is 30.2. The number of benzene rings is 1. The van der Waals surface area contributed by atoms with Crippen molar-refractivity contribution in [2.24, 2.45) is 17.8 Å². The Balaban J connectivity index is 1.28. The Morgan fingerprint density at radius 3 is 1.87 bits per heavy atom. The monoisotopic (exact) mass is 1230 g/mol. The minimum absolute atomic E-state index is 0.130. The number of carbonyl (C=O) groups is 2. The number of cyclic esters (lactones) is 1. The molecular formula is C63H95N3O21. The topological polar surface area (TPSA) is 382 Å². The van der Waals surface area contributed by atoms with Crippen molar-refractivity contribution >= 4 is 17.6 Å². The molecule has 0 radical (unpaired) electrons. The predicted octanol–water partition coefficient (Wildman–Crippen LogP) is -0.592. The smallest absolute Gasteiger partial charge is 0.308 e. The van der Waals surface area contributed by atoms with Crippen molar-refractivity contribution in [1.29, 1.82) is 0 Å². The van der Waals surface area contributed by atoms with E-state index in [0.29, 0.717) is 13.1 Å². The van der Waals surface area contributed by atoms with Crippen molar-refractivity contribution in [3.05, 3.63) is 115 Å². The molecule has 4 fully saturated rings. The zero-order valence-electron chi connectivity index (χ0n) is 50.0. The van der Waals surface area contributed by atoms with Gasteiger partial charge >= 0.3 is 5.97 Å². The van der Waals surface area contributed by atoms with Gasteiger partial charge in [0.25, 0.3) is 0 Å². The van der Waals surface area contributed by atoms with E-state index in [2.05, 4.69) is 10.2 Å². The molecule has 1 amide bonds. The maximum atomic E-state index is 14.8.